The lowest BCUT2D eigenvalue weighted by Gasteiger charge is -2.09. The molecule has 104 valence electrons. The van der Waals surface area contributed by atoms with Crippen molar-refractivity contribution in [3.63, 3.8) is 0 Å². The monoisotopic (exact) mass is 350 g/mol. The molecule has 5 heteroatoms. The second-order valence-electron chi connectivity index (χ2n) is 4.32. The topological polar surface area (TPSA) is 48.1 Å². The third-order valence-corrected chi connectivity index (χ3v) is 3.69. The molecule has 1 heterocycles. The van der Waals surface area contributed by atoms with E-state index in [1.807, 2.05) is 30.3 Å². The molecule has 0 aliphatic carbocycles. The molecule has 1 aromatic heterocycles. The van der Waals surface area contributed by atoms with E-state index < -0.39 is 0 Å². The predicted molar refractivity (Wildman–Crippen MR) is 88.1 cm³/mol. The van der Waals surface area contributed by atoms with Crippen LogP contribution in [0.2, 0.25) is 0 Å². The maximum atomic E-state index is 5.75. The van der Waals surface area contributed by atoms with Crippen LogP contribution in [0.25, 0.3) is 0 Å². The number of rotatable bonds is 6. The Morgan fingerprint density at radius 2 is 2.00 bits per heavy atom. The molecule has 2 aromatic rings. The van der Waals surface area contributed by atoms with Crippen molar-refractivity contribution in [2.75, 3.05) is 6.61 Å². The number of hydrogen-bond acceptors (Lipinski definition) is 3. The van der Waals surface area contributed by atoms with Crippen LogP contribution in [0.5, 0.6) is 5.75 Å². The van der Waals surface area contributed by atoms with Gasteiger partial charge in [0.05, 0.1) is 11.1 Å². The highest BCUT2D eigenvalue weighted by Crippen LogP contribution is 2.26. The zero-order valence-corrected chi connectivity index (χ0v) is 13.3. The van der Waals surface area contributed by atoms with Gasteiger partial charge in [-0.1, -0.05) is 12.2 Å². The minimum atomic E-state index is 0.384. The number of benzene rings is 1. The highest BCUT2D eigenvalue weighted by molar-refractivity contribution is 9.10. The minimum absolute atomic E-state index is 0.384. The molecule has 0 aliphatic heterocycles. The van der Waals surface area contributed by atoms with E-state index in [-0.39, 0.29) is 0 Å². The summed E-state index contributed by atoms with van der Waals surface area (Å²) in [6.07, 6.45) is 5.54. The molecule has 0 spiro atoms. The van der Waals surface area contributed by atoms with Crippen LogP contribution >= 0.6 is 28.1 Å². The summed E-state index contributed by atoms with van der Waals surface area (Å²) in [5.41, 5.74) is 7.68. The number of thiocarbonyl (C=S) groups is 1. The van der Waals surface area contributed by atoms with Gasteiger partial charge in [0, 0.05) is 18.0 Å². The van der Waals surface area contributed by atoms with E-state index in [1.165, 1.54) is 5.56 Å². The highest BCUT2D eigenvalue weighted by Gasteiger charge is 2.04. The Bertz CT molecular complexity index is 590. The van der Waals surface area contributed by atoms with Gasteiger partial charge in [-0.2, -0.15) is 0 Å². The summed E-state index contributed by atoms with van der Waals surface area (Å²) in [7, 11) is 0. The van der Waals surface area contributed by atoms with Crippen LogP contribution in [0, 0.1) is 0 Å². The largest absolute Gasteiger partial charge is 0.492 e. The summed E-state index contributed by atoms with van der Waals surface area (Å²) in [5, 5.41) is 0. The Kier molecular flexibility index (Phi) is 5.49. The van der Waals surface area contributed by atoms with Gasteiger partial charge < -0.3 is 10.5 Å². The summed E-state index contributed by atoms with van der Waals surface area (Å²) in [5.74, 6) is 0.805. The van der Waals surface area contributed by atoms with Crippen LogP contribution in [0.15, 0.2) is 47.2 Å². The van der Waals surface area contributed by atoms with Crippen molar-refractivity contribution in [2.45, 2.75) is 12.8 Å². The lowest BCUT2D eigenvalue weighted by Crippen LogP contribution is -2.09. The van der Waals surface area contributed by atoms with E-state index in [0.29, 0.717) is 11.6 Å². The van der Waals surface area contributed by atoms with E-state index in [1.54, 1.807) is 12.4 Å². The summed E-state index contributed by atoms with van der Waals surface area (Å²) in [6, 6.07) is 9.66. The van der Waals surface area contributed by atoms with E-state index >= 15 is 0 Å². The van der Waals surface area contributed by atoms with Crippen molar-refractivity contribution in [2.24, 2.45) is 5.73 Å². The second-order valence-corrected chi connectivity index (χ2v) is 5.61. The first-order valence-electron chi connectivity index (χ1n) is 6.28. The molecule has 3 nitrogen and oxygen atoms in total. The third kappa shape index (κ3) is 4.28. The van der Waals surface area contributed by atoms with Crippen molar-refractivity contribution < 1.29 is 4.74 Å². The summed E-state index contributed by atoms with van der Waals surface area (Å²) < 4.78 is 6.61. The van der Waals surface area contributed by atoms with Gasteiger partial charge in [-0.15, -0.1) is 0 Å². The first-order chi connectivity index (χ1) is 9.66. The maximum Gasteiger partial charge on any atom is 0.133 e. The van der Waals surface area contributed by atoms with Crippen LogP contribution in [-0.4, -0.2) is 16.6 Å². The number of nitrogens with zero attached hydrogens (tertiary/aromatic N) is 1. The minimum Gasteiger partial charge on any atom is -0.492 e. The van der Waals surface area contributed by atoms with Gasteiger partial charge >= 0.3 is 0 Å². The first kappa shape index (κ1) is 14.9. The zero-order valence-electron chi connectivity index (χ0n) is 10.9. The van der Waals surface area contributed by atoms with Gasteiger partial charge in [0.15, 0.2) is 0 Å². The number of hydrogen-bond donors (Lipinski definition) is 1. The smallest absolute Gasteiger partial charge is 0.133 e. The SMILES string of the molecule is NC(=S)c1ccc(OCCCc2ccncc2)c(Br)c1. The molecule has 20 heavy (non-hydrogen) atoms. The van der Waals surface area contributed by atoms with Gasteiger partial charge in [0.25, 0.3) is 0 Å². The van der Waals surface area contributed by atoms with E-state index in [0.717, 1.165) is 28.6 Å². The molecule has 0 atom stereocenters. The summed E-state index contributed by atoms with van der Waals surface area (Å²) in [6.45, 7) is 0.660. The molecule has 0 bridgehead atoms. The molecular formula is C15H15BrN2OS. The van der Waals surface area contributed by atoms with Gasteiger partial charge in [-0.05, 0) is 64.7 Å². The fraction of sp³-hybridized carbons (Fsp3) is 0.200. The quantitative estimate of drug-likeness (QED) is 0.639. The van der Waals surface area contributed by atoms with E-state index in [2.05, 4.69) is 20.9 Å². The Morgan fingerprint density at radius 1 is 1.25 bits per heavy atom. The molecule has 0 fully saturated rings. The molecule has 0 saturated heterocycles. The summed E-state index contributed by atoms with van der Waals surface area (Å²) >= 11 is 8.40. The number of aryl methyl sites for hydroxylation is 1. The summed E-state index contributed by atoms with van der Waals surface area (Å²) in [4.78, 5) is 4.38. The van der Waals surface area contributed by atoms with Crippen LogP contribution in [0.1, 0.15) is 17.5 Å². The molecule has 0 amide bonds. The van der Waals surface area contributed by atoms with Gasteiger partial charge in [0.1, 0.15) is 10.7 Å². The van der Waals surface area contributed by atoms with Crippen LogP contribution < -0.4 is 10.5 Å². The Labute approximate surface area is 132 Å². The Hall–Kier alpha value is -1.46. The van der Waals surface area contributed by atoms with Crippen LogP contribution in [0.4, 0.5) is 0 Å². The van der Waals surface area contributed by atoms with Gasteiger partial charge in [-0.3, -0.25) is 4.98 Å². The zero-order chi connectivity index (χ0) is 14.4. The Morgan fingerprint density at radius 3 is 2.65 bits per heavy atom. The number of halogens is 1. The molecule has 1 aromatic carbocycles. The number of pyridine rings is 1. The molecule has 0 aliphatic rings. The second kappa shape index (κ2) is 7.36. The average molecular weight is 351 g/mol. The van der Waals surface area contributed by atoms with Crippen LogP contribution in [-0.2, 0) is 6.42 Å². The predicted octanol–water partition coefficient (Wildman–Crippen LogP) is 3.49. The van der Waals surface area contributed by atoms with Crippen molar-refractivity contribution in [1.82, 2.24) is 4.98 Å². The highest BCUT2D eigenvalue weighted by atomic mass is 79.9. The fourth-order valence-corrected chi connectivity index (χ4v) is 2.40. The molecule has 0 unspecified atom stereocenters. The number of nitrogens with two attached hydrogens (primary N) is 1. The molecule has 2 N–H and O–H groups in total. The standard InChI is InChI=1S/C15H15BrN2OS/c16-13-10-12(15(17)20)3-4-14(13)19-9-1-2-11-5-7-18-8-6-11/h3-8,10H,1-2,9H2,(H2,17,20). The molecular weight excluding hydrogens is 336 g/mol. The van der Waals surface area contributed by atoms with Crippen molar-refractivity contribution in [1.29, 1.82) is 0 Å². The Balaban J connectivity index is 1.84. The van der Waals surface area contributed by atoms with Gasteiger partial charge in [-0.25, -0.2) is 0 Å². The lowest BCUT2D eigenvalue weighted by atomic mass is 10.1. The van der Waals surface area contributed by atoms with E-state index in [4.69, 9.17) is 22.7 Å². The fourth-order valence-electron chi connectivity index (χ4n) is 1.78. The van der Waals surface area contributed by atoms with Crippen LogP contribution in [0.3, 0.4) is 0 Å². The third-order valence-electron chi connectivity index (χ3n) is 2.83. The molecule has 0 radical (unpaired) electrons. The van der Waals surface area contributed by atoms with Gasteiger partial charge in [0.2, 0.25) is 0 Å². The number of ether oxygens (including phenoxy) is 1. The normalized spacial score (nSPS) is 10.2. The number of aromatic nitrogens is 1. The average Bonchev–Trinajstić information content (AvgIpc) is 2.46. The molecule has 0 saturated carbocycles. The van der Waals surface area contributed by atoms with Crippen molar-refractivity contribution >= 4 is 33.1 Å². The van der Waals surface area contributed by atoms with Crippen molar-refractivity contribution in [3.05, 3.63) is 58.3 Å². The first-order valence-corrected chi connectivity index (χ1v) is 7.48. The molecule has 2 rings (SSSR count). The lowest BCUT2D eigenvalue weighted by molar-refractivity contribution is 0.309. The maximum absolute atomic E-state index is 5.75. The van der Waals surface area contributed by atoms with E-state index in [9.17, 15) is 0 Å². The van der Waals surface area contributed by atoms with Crippen molar-refractivity contribution in [3.8, 4) is 5.75 Å².